The Bertz CT molecular complexity index is 408. The van der Waals surface area contributed by atoms with Gasteiger partial charge in [0.05, 0.1) is 13.2 Å². The van der Waals surface area contributed by atoms with Gasteiger partial charge in [-0.25, -0.2) is 0 Å². The van der Waals surface area contributed by atoms with Gasteiger partial charge in [-0.2, -0.15) is 0 Å². The molecule has 1 aromatic rings. The minimum absolute atomic E-state index is 0.130. The summed E-state index contributed by atoms with van der Waals surface area (Å²) in [5.74, 6) is 1.47. The van der Waals surface area contributed by atoms with Gasteiger partial charge in [0.2, 0.25) is 0 Å². The van der Waals surface area contributed by atoms with Crippen molar-refractivity contribution in [3.63, 3.8) is 0 Å². The van der Waals surface area contributed by atoms with Crippen LogP contribution in [-0.2, 0) is 6.54 Å². The molecule has 2 atom stereocenters. The number of aliphatic hydroxyl groups is 1. The molecule has 0 aromatic heterocycles. The third-order valence-electron chi connectivity index (χ3n) is 3.80. The van der Waals surface area contributed by atoms with Gasteiger partial charge >= 0.3 is 0 Å². The predicted octanol–water partition coefficient (Wildman–Crippen LogP) is 2.04. The topological polar surface area (TPSA) is 61.7 Å². The molecule has 0 radical (unpaired) electrons. The summed E-state index contributed by atoms with van der Waals surface area (Å²) in [6, 6.07) is 5.35. The second-order valence-corrected chi connectivity index (χ2v) is 5.31. The van der Waals surface area contributed by atoms with Gasteiger partial charge in [-0.3, -0.25) is 0 Å². The Hall–Kier alpha value is -1.26. The fourth-order valence-corrected chi connectivity index (χ4v) is 2.68. The van der Waals surface area contributed by atoms with Gasteiger partial charge in [0.25, 0.3) is 0 Å². The zero-order chi connectivity index (χ0) is 13.7. The van der Waals surface area contributed by atoms with Crippen LogP contribution in [0.4, 0.5) is 0 Å². The molecule has 1 aromatic carbocycles. The monoisotopic (exact) mass is 265 g/mol. The van der Waals surface area contributed by atoms with Crippen molar-refractivity contribution in [2.75, 3.05) is 13.7 Å². The first-order chi connectivity index (χ1) is 9.19. The highest BCUT2D eigenvalue weighted by Crippen LogP contribution is 2.25. The van der Waals surface area contributed by atoms with Crippen LogP contribution in [0.2, 0.25) is 0 Å². The first-order valence-corrected chi connectivity index (χ1v) is 6.93. The van der Waals surface area contributed by atoms with Crippen LogP contribution in [-0.4, -0.2) is 30.0 Å². The smallest absolute Gasteiger partial charge is 0.123 e. The maximum Gasteiger partial charge on any atom is 0.123 e. The zero-order valence-electron chi connectivity index (χ0n) is 11.4. The van der Waals surface area contributed by atoms with Gasteiger partial charge in [0, 0.05) is 18.2 Å². The highest BCUT2D eigenvalue weighted by atomic mass is 16.5. The van der Waals surface area contributed by atoms with E-state index in [1.165, 1.54) is 6.42 Å². The van der Waals surface area contributed by atoms with Gasteiger partial charge in [-0.1, -0.05) is 12.5 Å². The van der Waals surface area contributed by atoms with Gasteiger partial charge in [0.1, 0.15) is 11.5 Å². The second kappa shape index (κ2) is 6.78. The van der Waals surface area contributed by atoms with Crippen molar-refractivity contribution in [2.24, 2.45) is 5.92 Å². The molecule has 0 spiro atoms. The quantitative estimate of drug-likeness (QED) is 0.762. The molecule has 1 aliphatic rings. The molecule has 2 unspecified atom stereocenters. The van der Waals surface area contributed by atoms with E-state index in [0.717, 1.165) is 31.4 Å². The molecular formula is C15H23NO3. The van der Waals surface area contributed by atoms with Crippen LogP contribution in [0.5, 0.6) is 11.5 Å². The van der Waals surface area contributed by atoms with E-state index in [9.17, 15) is 10.2 Å². The van der Waals surface area contributed by atoms with Crippen LogP contribution >= 0.6 is 0 Å². The van der Waals surface area contributed by atoms with E-state index >= 15 is 0 Å². The van der Waals surface area contributed by atoms with Crippen LogP contribution in [0.25, 0.3) is 0 Å². The minimum Gasteiger partial charge on any atom is -0.507 e. The molecule has 0 bridgehead atoms. The molecule has 4 heteroatoms. The molecule has 2 rings (SSSR count). The lowest BCUT2D eigenvalue weighted by Gasteiger charge is -2.26. The van der Waals surface area contributed by atoms with Gasteiger partial charge in [-0.15, -0.1) is 0 Å². The number of hydrogen-bond donors (Lipinski definition) is 3. The molecule has 3 N–H and O–H groups in total. The van der Waals surface area contributed by atoms with Crippen molar-refractivity contribution in [3.05, 3.63) is 23.8 Å². The average Bonchev–Trinajstić information content (AvgIpc) is 2.40. The normalized spacial score (nSPS) is 23.3. The summed E-state index contributed by atoms with van der Waals surface area (Å²) in [5.41, 5.74) is 0.872. The fraction of sp³-hybridized carbons (Fsp3) is 0.600. The molecule has 0 aliphatic heterocycles. The highest BCUT2D eigenvalue weighted by Gasteiger charge is 2.19. The first-order valence-electron chi connectivity index (χ1n) is 6.93. The van der Waals surface area contributed by atoms with Gasteiger partial charge in [-0.05, 0) is 37.8 Å². The molecule has 19 heavy (non-hydrogen) atoms. The molecule has 0 amide bonds. The number of ether oxygens (including phenoxy) is 1. The molecule has 0 saturated heterocycles. The third kappa shape index (κ3) is 4.11. The van der Waals surface area contributed by atoms with Crippen molar-refractivity contribution >= 4 is 0 Å². The van der Waals surface area contributed by atoms with Crippen LogP contribution in [0.1, 0.15) is 31.2 Å². The van der Waals surface area contributed by atoms with Crippen molar-refractivity contribution in [2.45, 2.75) is 38.3 Å². The van der Waals surface area contributed by atoms with Crippen molar-refractivity contribution in [3.8, 4) is 11.5 Å². The number of methoxy groups -OCH3 is 1. The SMILES string of the molecule is COc1ccc(CNCC2CCCC(O)C2)c(O)c1. The predicted molar refractivity (Wildman–Crippen MR) is 74.3 cm³/mol. The number of phenolic OH excluding ortho intramolecular Hbond substituents is 1. The summed E-state index contributed by atoms with van der Waals surface area (Å²) in [4.78, 5) is 0. The number of nitrogens with one attached hydrogen (secondary N) is 1. The van der Waals surface area contributed by atoms with E-state index < -0.39 is 0 Å². The van der Waals surface area contributed by atoms with Crippen molar-refractivity contribution in [1.82, 2.24) is 5.32 Å². The molecule has 1 saturated carbocycles. The highest BCUT2D eigenvalue weighted by molar-refractivity contribution is 5.39. The van der Waals surface area contributed by atoms with Crippen LogP contribution in [0.3, 0.4) is 0 Å². The van der Waals surface area contributed by atoms with E-state index in [4.69, 9.17) is 4.74 Å². The van der Waals surface area contributed by atoms with E-state index in [2.05, 4.69) is 5.32 Å². The number of aliphatic hydroxyl groups excluding tert-OH is 1. The Morgan fingerprint density at radius 2 is 2.21 bits per heavy atom. The van der Waals surface area contributed by atoms with Crippen molar-refractivity contribution in [1.29, 1.82) is 0 Å². The Morgan fingerprint density at radius 3 is 2.89 bits per heavy atom. The molecule has 1 fully saturated rings. The summed E-state index contributed by atoms with van der Waals surface area (Å²) < 4.78 is 5.05. The fourth-order valence-electron chi connectivity index (χ4n) is 2.68. The number of rotatable bonds is 5. The second-order valence-electron chi connectivity index (χ2n) is 5.31. The molecule has 1 aliphatic carbocycles. The average molecular weight is 265 g/mol. The maximum atomic E-state index is 9.84. The Labute approximate surface area is 114 Å². The van der Waals surface area contributed by atoms with Crippen LogP contribution < -0.4 is 10.1 Å². The molecule has 106 valence electrons. The van der Waals surface area contributed by atoms with Gasteiger partial charge in [0.15, 0.2) is 0 Å². The Morgan fingerprint density at radius 1 is 1.37 bits per heavy atom. The number of aromatic hydroxyl groups is 1. The number of phenols is 1. The minimum atomic E-state index is -0.130. The first kappa shape index (κ1) is 14.2. The maximum absolute atomic E-state index is 9.84. The number of hydrogen-bond acceptors (Lipinski definition) is 4. The van der Waals surface area contributed by atoms with Crippen molar-refractivity contribution < 1.29 is 14.9 Å². The standard InChI is InChI=1S/C15H23NO3/c1-19-14-6-5-12(15(18)8-14)10-16-9-11-3-2-4-13(17)7-11/h5-6,8,11,13,16-18H,2-4,7,9-10H2,1H3. The largest absolute Gasteiger partial charge is 0.507 e. The Balaban J connectivity index is 1.79. The zero-order valence-corrected chi connectivity index (χ0v) is 11.4. The summed E-state index contributed by atoms with van der Waals surface area (Å²) in [5, 5.41) is 22.8. The lowest BCUT2D eigenvalue weighted by Crippen LogP contribution is -2.28. The third-order valence-corrected chi connectivity index (χ3v) is 3.80. The molecule has 0 heterocycles. The van der Waals surface area contributed by atoms with Gasteiger partial charge < -0.3 is 20.3 Å². The van der Waals surface area contributed by atoms with E-state index in [-0.39, 0.29) is 11.9 Å². The lowest BCUT2D eigenvalue weighted by molar-refractivity contribution is 0.101. The van der Waals surface area contributed by atoms with E-state index in [1.54, 1.807) is 13.2 Å². The van der Waals surface area contributed by atoms with Crippen LogP contribution in [0, 0.1) is 5.92 Å². The summed E-state index contributed by atoms with van der Waals surface area (Å²) in [6.07, 6.45) is 3.99. The summed E-state index contributed by atoms with van der Waals surface area (Å²) >= 11 is 0. The van der Waals surface area contributed by atoms with Crippen LogP contribution in [0.15, 0.2) is 18.2 Å². The summed E-state index contributed by atoms with van der Waals surface area (Å²) in [6.45, 7) is 1.53. The lowest BCUT2D eigenvalue weighted by atomic mass is 9.87. The molecule has 4 nitrogen and oxygen atoms in total. The summed E-state index contributed by atoms with van der Waals surface area (Å²) in [7, 11) is 1.58. The Kier molecular flexibility index (Phi) is 5.05. The number of benzene rings is 1. The van der Waals surface area contributed by atoms with E-state index in [1.807, 2.05) is 12.1 Å². The molecular weight excluding hydrogens is 242 g/mol. The van der Waals surface area contributed by atoms with E-state index in [0.29, 0.717) is 18.2 Å².